The first-order valence-corrected chi connectivity index (χ1v) is 8.52. The molecular weight excluding hydrogens is 324 g/mol. The number of nitrogens with zero attached hydrogens (tertiary/aromatic N) is 4. The number of hydrogen-bond acceptors (Lipinski definition) is 5. The van der Waals surface area contributed by atoms with Crippen LogP contribution in [-0.4, -0.2) is 21.7 Å². The molecule has 1 aliphatic rings. The number of rotatable bonds is 3. The van der Waals surface area contributed by atoms with Gasteiger partial charge in [0.2, 0.25) is 5.91 Å². The molecule has 1 aromatic carbocycles. The van der Waals surface area contributed by atoms with Crippen LogP contribution in [0, 0.1) is 0 Å². The number of para-hydroxylation sites is 1. The molecule has 0 atom stereocenters. The number of hydrogen-bond donors (Lipinski definition) is 0. The lowest BCUT2D eigenvalue weighted by atomic mass is 10.00. The maximum atomic E-state index is 12.7. The number of carbonyl (C=O) groups excluding carboxylic acids is 1. The van der Waals surface area contributed by atoms with Gasteiger partial charge in [-0.15, -0.1) is 6.58 Å². The second-order valence-corrected chi connectivity index (χ2v) is 6.91. The minimum absolute atomic E-state index is 0.114. The van der Waals surface area contributed by atoms with Gasteiger partial charge in [-0.05, 0) is 12.1 Å². The maximum absolute atomic E-state index is 12.7. The number of anilines is 1. The van der Waals surface area contributed by atoms with Crippen molar-refractivity contribution >= 4 is 23.4 Å². The van der Waals surface area contributed by atoms with Crippen molar-refractivity contribution in [2.75, 3.05) is 10.7 Å². The summed E-state index contributed by atoms with van der Waals surface area (Å²) in [7, 11) is 0. The van der Waals surface area contributed by atoms with Gasteiger partial charge in [-0.3, -0.25) is 4.79 Å². The third-order valence-electron chi connectivity index (χ3n) is 3.91. The third kappa shape index (κ3) is 2.45. The normalized spacial score (nSPS) is 14.7. The molecule has 0 fully saturated rings. The first kappa shape index (κ1) is 16.4. The van der Waals surface area contributed by atoms with Gasteiger partial charge in [0, 0.05) is 31.6 Å². The third-order valence-corrected chi connectivity index (χ3v) is 4.74. The smallest absolute Gasteiger partial charge is 0.270 e. The first-order chi connectivity index (χ1) is 11.4. The quantitative estimate of drug-likeness (QED) is 0.483. The highest BCUT2D eigenvalue weighted by Gasteiger charge is 2.49. The van der Waals surface area contributed by atoms with E-state index in [1.807, 2.05) is 38.1 Å². The first-order valence-electron chi connectivity index (χ1n) is 7.53. The molecule has 0 spiro atoms. The fourth-order valence-electron chi connectivity index (χ4n) is 3.02. The van der Waals surface area contributed by atoms with E-state index in [9.17, 15) is 9.90 Å². The number of aromatic nitrogens is 3. The van der Waals surface area contributed by atoms with Crippen molar-refractivity contribution in [1.29, 1.82) is 0 Å². The predicted octanol–water partition coefficient (Wildman–Crippen LogP) is 1.84. The maximum Gasteiger partial charge on any atom is 0.270 e. The molecule has 24 heavy (non-hydrogen) atoms. The summed E-state index contributed by atoms with van der Waals surface area (Å²) in [4.78, 5) is 18.0. The Morgan fingerprint density at radius 3 is 2.83 bits per heavy atom. The van der Waals surface area contributed by atoms with Crippen LogP contribution in [0.4, 0.5) is 5.69 Å². The largest absolute Gasteiger partial charge is 0.854 e. The van der Waals surface area contributed by atoms with Crippen molar-refractivity contribution in [1.82, 2.24) is 10.1 Å². The van der Waals surface area contributed by atoms with Gasteiger partial charge in [-0.2, -0.15) is 0 Å². The van der Waals surface area contributed by atoms with Crippen LogP contribution >= 0.6 is 11.8 Å². The molecule has 0 bridgehead atoms. The lowest BCUT2D eigenvalue weighted by Gasteiger charge is -2.37. The van der Waals surface area contributed by atoms with Gasteiger partial charge in [0.1, 0.15) is 0 Å². The van der Waals surface area contributed by atoms with E-state index in [1.54, 1.807) is 15.7 Å². The Morgan fingerprint density at radius 2 is 2.17 bits per heavy atom. The van der Waals surface area contributed by atoms with E-state index in [4.69, 9.17) is 0 Å². The van der Waals surface area contributed by atoms with Crippen LogP contribution in [0.25, 0.3) is 11.3 Å². The summed E-state index contributed by atoms with van der Waals surface area (Å²) in [5.41, 5.74) is 0.941. The van der Waals surface area contributed by atoms with E-state index in [2.05, 4.69) is 16.7 Å². The molecule has 7 heteroatoms. The summed E-state index contributed by atoms with van der Waals surface area (Å²) in [6, 6.07) is 7.33. The van der Waals surface area contributed by atoms with E-state index in [1.165, 1.54) is 18.7 Å². The average molecular weight is 342 g/mol. The number of amides is 1. The minimum Gasteiger partial charge on any atom is -0.854 e. The molecule has 0 aliphatic carbocycles. The Labute approximate surface area is 144 Å². The number of thioether (sulfide) groups is 1. The van der Waals surface area contributed by atoms with Gasteiger partial charge in [-0.25, -0.2) is 9.88 Å². The van der Waals surface area contributed by atoms with E-state index in [-0.39, 0.29) is 11.8 Å². The molecule has 1 amide bonds. The second-order valence-electron chi connectivity index (χ2n) is 5.93. The SMILES string of the molecule is C=CCSc1nc([O-])c2[n+](n1)C(C)(C)N(C(C)=O)c1ccccc1-2. The molecule has 0 N–H and O–H groups in total. The standard InChI is InChI=1S/C17H18N4O2S/c1-5-10-24-16-18-15(23)14-12-8-6-7-9-13(12)20(11(2)22)17(3,4)21(14)19-16/h5-9H,1,10H2,2-4H3. The molecule has 124 valence electrons. The fraction of sp³-hybridized carbons (Fsp3) is 0.294. The molecule has 2 aromatic rings. The van der Waals surface area contributed by atoms with Crippen molar-refractivity contribution in [2.45, 2.75) is 31.6 Å². The van der Waals surface area contributed by atoms with E-state index >= 15 is 0 Å². The highest BCUT2D eigenvalue weighted by Crippen LogP contribution is 2.40. The summed E-state index contributed by atoms with van der Waals surface area (Å²) in [6.45, 7) is 8.90. The Bertz CT molecular complexity index is 835. The van der Waals surface area contributed by atoms with Gasteiger partial charge in [0.25, 0.3) is 16.5 Å². The minimum atomic E-state index is -0.818. The van der Waals surface area contributed by atoms with Gasteiger partial charge in [0.05, 0.1) is 17.1 Å². The van der Waals surface area contributed by atoms with Crippen LogP contribution < -0.4 is 14.7 Å². The van der Waals surface area contributed by atoms with Crippen molar-refractivity contribution in [2.24, 2.45) is 0 Å². The average Bonchev–Trinajstić information content (AvgIpc) is 2.52. The second kappa shape index (κ2) is 5.90. The van der Waals surface area contributed by atoms with E-state index in [0.29, 0.717) is 27.9 Å². The van der Waals surface area contributed by atoms with Gasteiger partial charge >= 0.3 is 0 Å². The van der Waals surface area contributed by atoms with Crippen molar-refractivity contribution < 1.29 is 14.6 Å². The zero-order chi connectivity index (χ0) is 17.5. The van der Waals surface area contributed by atoms with Gasteiger partial charge in [-0.1, -0.05) is 34.7 Å². The number of carbonyl (C=O) groups is 1. The highest BCUT2D eigenvalue weighted by atomic mass is 32.2. The van der Waals surface area contributed by atoms with Crippen molar-refractivity contribution in [3.63, 3.8) is 0 Å². The molecule has 0 saturated heterocycles. The lowest BCUT2D eigenvalue weighted by molar-refractivity contribution is -0.804. The Morgan fingerprint density at radius 1 is 1.46 bits per heavy atom. The number of fused-ring (bicyclic) bond motifs is 3. The summed E-state index contributed by atoms with van der Waals surface area (Å²) in [5, 5.41) is 17.6. The molecular formula is C17H18N4O2S. The summed E-state index contributed by atoms with van der Waals surface area (Å²) in [6.07, 6.45) is 1.73. The summed E-state index contributed by atoms with van der Waals surface area (Å²) >= 11 is 1.33. The highest BCUT2D eigenvalue weighted by molar-refractivity contribution is 7.99. The molecule has 1 aliphatic heterocycles. The van der Waals surface area contributed by atoms with Crippen LogP contribution in [0.1, 0.15) is 20.8 Å². The van der Waals surface area contributed by atoms with Gasteiger partial charge < -0.3 is 5.11 Å². The lowest BCUT2D eigenvalue weighted by Crippen LogP contribution is -2.69. The Balaban J connectivity index is 2.30. The fourth-order valence-corrected chi connectivity index (χ4v) is 3.58. The van der Waals surface area contributed by atoms with Crippen LogP contribution in [0.5, 0.6) is 5.88 Å². The van der Waals surface area contributed by atoms with Crippen LogP contribution in [-0.2, 0) is 10.5 Å². The van der Waals surface area contributed by atoms with Crippen LogP contribution in [0.15, 0.2) is 42.1 Å². The van der Waals surface area contributed by atoms with Gasteiger partial charge in [0.15, 0.2) is 0 Å². The summed E-state index contributed by atoms with van der Waals surface area (Å²) < 4.78 is 1.61. The Kier molecular flexibility index (Phi) is 4.04. The molecule has 0 radical (unpaired) electrons. The molecule has 2 heterocycles. The predicted molar refractivity (Wildman–Crippen MR) is 90.5 cm³/mol. The molecule has 0 saturated carbocycles. The van der Waals surface area contributed by atoms with Crippen LogP contribution in [0.2, 0.25) is 0 Å². The number of benzene rings is 1. The van der Waals surface area contributed by atoms with E-state index < -0.39 is 5.66 Å². The summed E-state index contributed by atoms with van der Waals surface area (Å²) in [5.74, 6) is 0.143. The zero-order valence-corrected chi connectivity index (χ0v) is 14.6. The van der Waals surface area contributed by atoms with Crippen molar-refractivity contribution in [3.05, 3.63) is 36.9 Å². The Hall–Kier alpha value is -2.41. The zero-order valence-electron chi connectivity index (χ0n) is 13.8. The van der Waals surface area contributed by atoms with Crippen LogP contribution in [0.3, 0.4) is 0 Å². The monoisotopic (exact) mass is 342 g/mol. The molecule has 3 rings (SSSR count). The van der Waals surface area contributed by atoms with Crippen molar-refractivity contribution in [3.8, 4) is 17.1 Å². The molecule has 0 unspecified atom stereocenters. The topological polar surface area (TPSA) is 73.0 Å². The molecule has 6 nitrogen and oxygen atoms in total. The molecule has 1 aromatic heterocycles. The van der Waals surface area contributed by atoms with E-state index in [0.717, 1.165) is 0 Å².